The monoisotopic (exact) mass is 224 g/mol. The van der Waals surface area contributed by atoms with E-state index in [9.17, 15) is 5.11 Å². The Morgan fingerprint density at radius 2 is 2.06 bits per heavy atom. The molecule has 0 amide bonds. The predicted octanol–water partition coefficient (Wildman–Crippen LogP) is 1.93. The molecule has 1 N–H and O–H groups in total. The molecule has 4 heteroatoms. The number of ether oxygens (including phenoxy) is 1. The van der Waals surface area contributed by atoms with Gasteiger partial charge in [0, 0.05) is 12.0 Å². The second kappa shape index (κ2) is 4.93. The molecule has 0 aromatic heterocycles. The highest BCUT2D eigenvalue weighted by atomic mass is 17.2. The van der Waals surface area contributed by atoms with Crippen LogP contribution < -0.4 is 0 Å². The van der Waals surface area contributed by atoms with Gasteiger partial charge in [-0.15, -0.1) is 0 Å². The zero-order valence-corrected chi connectivity index (χ0v) is 9.42. The van der Waals surface area contributed by atoms with Crippen molar-refractivity contribution in [2.45, 2.75) is 39.0 Å². The van der Waals surface area contributed by atoms with E-state index in [0.717, 1.165) is 11.1 Å². The van der Waals surface area contributed by atoms with Gasteiger partial charge in [-0.25, -0.2) is 4.89 Å². The molecule has 2 rings (SSSR count). The largest absolute Gasteiger partial charge is 0.365 e. The Bertz CT molecular complexity index is 351. The number of hydrogen-bond acceptors (Lipinski definition) is 4. The van der Waals surface area contributed by atoms with Crippen LogP contribution in [-0.2, 0) is 20.9 Å². The molecule has 1 aliphatic heterocycles. The molecule has 88 valence electrons. The lowest BCUT2D eigenvalue weighted by molar-refractivity contribution is -0.432. The summed E-state index contributed by atoms with van der Waals surface area (Å²) in [6.45, 7) is 3.85. The van der Waals surface area contributed by atoms with Crippen molar-refractivity contribution < 1.29 is 19.6 Å². The first-order chi connectivity index (χ1) is 7.66. The average molecular weight is 224 g/mol. The van der Waals surface area contributed by atoms with Crippen LogP contribution in [-0.4, -0.2) is 17.5 Å². The van der Waals surface area contributed by atoms with E-state index in [1.807, 2.05) is 38.1 Å². The van der Waals surface area contributed by atoms with Gasteiger partial charge in [0.1, 0.15) is 0 Å². The van der Waals surface area contributed by atoms with Crippen molar-refractivity contribution in [1.82, 2.24) is 0 Å². The van der Waals surface area contributed by atoms with Gasteiger partial charge in [-0.05, 0) is 19.4 Å². The first-order valence-electron chi connectivity index (χ1n) is 5.40. The third-order valence-electron chi connectivity index (χ3n) is 2.35. The summed E-state index contributed by atoms with van der Waals surface area (Å²) in [5.41, 5.74) is 1.89. The lowest BCUT2D eigenvalue weighted by Crippen LogP contribution is -2.15. The third kappa shape index (κ3) is 2.59. The maximum absolute atomic E-state index is 9.49. The number of hydrogen-bond donors (Lipinski definition) is 1. The van der Waals surface area contributed by atoms with Gasteiger partial charge >= 0.3 is 0 Å². The van der Waals surface area contributed by atoms with Gasteiger partial charge in [0.15, 0.2) is 6.29 Å². The smallest absolute Gasteiger partial charge is 0.218 e. The highest BCUT2D eigenvalue weighted by Crippen LogP contribution is 2.28. The van der Waals surface area contributed by atoms with Crippen LogP contribution in [0.3, 0.4) is 0 Å². The normalized spacial score (nSPS) is 25.2. The molecular formula is C12H16O4. The van der Waals surface area contributed by atoms with Crippen molar-refractivity contribution in [3.8, 4) is 0 Å². The van der Waals surface area contributed by atoms with E-state index in [1.54, 1.807) is 0 Å². The highest BCUT2D eigenvalue weighted by molar-refractivity contribution is 5.29. The minimum absolute atomic E-state index is 0.0249. The van der Waals surface area contributed by atoms with Gasteiger partial charge in [-0.2, -0.15) is 4.89 Å². The van der Waals surface area contributed by atoms with Crippen LogP contribution in [0.2, 0.25) is 0 Å². The molecule has 0 aliphatic carbocycles. The van der Waals surface area contributed by atoms with Gasteiger partial charge in [0.2, 0.25) is 6.29 Å². The van der Waals surface area contributed by atoms with Crippen molar-refractivity contribution in [1.29, 1.82) is 0 Å². The van der Waals surface area contributed by atoms with E-state index < -0.39 is 12.6 Å². The van der Waals surface area contributed by atoms with Crippen molar-refractivity contribution >= 4 is 0 Å². The summed E-state index contributed by atoms with van der Waals surface area (Å²) in [6, 6.07) is 7.69. The van der Waals surface area contributed by atoms with Crippen LogP contribution >= 0.6 is 0 Å². The maximum atomic E-state index is 9.49. The Labute approximate surface area is 94.7 Å². The molecule has 1 aliphatic rings. The molecule has 2 unspecified atom stereocenters. The standard InChI is InChI=1S/C12H16O4/c1-8(2)14-12-10-6-4-3-5-9(10)7-11(13)15-16-12/h3-6,8,11-13H,7H2,1-2H3. The SMILES string of the molecule is CC(C)OC1OOC(O)Cc2ccccc21. The Kier molecular flexibility index (Phi) is 3.56. The molecule has 0 saturated carbocycles. The van der Waals surface area contributed by atoms with Crippen molar-refractivity contribution in [3.63, 3.8) is 0 Å². The van der Waals surface area contributed by atoms with Crippen molar-refractivity contribution in [2.24, 2.45) is 0 Å². The van der Waals surface area contributed by atoms with Gasteiger partial charge in [0.25, 0.3) is 0 Å². The molecule has 1 aromatic carbocycles. The zero-order valence-electron chi connectivity index (χ0n) is 9.42. The number of aliphatic hydroxyl groups excluding tert-OH is 1. The average Bonchev–Trinajstić information content (AvgIpc) is 2.38. The maximum Gasteiger partial charge on any atom is 0.218 e. The molecule has 0 fully saturated rings. The van der Waals surface area contributed by atoms with Gasteiger partial charge in [0.05, 0.1) is 6.10 Å². The molecule has 0 radical (unpaired) electrons. The van der Waals surface area contributed by atoms with E-state index >= 15 is 0 Å². The number of aliphatic hydroxyl groups is 1. The summed E-state index contributed by atoms with van der Waals surface area (Å²) >= 11 is 0. The van der Waals surface area contributed by atoms with Gasteiger partial charge < -0.3 is 9.84 Å². The topological polar surface area (TPSA) is 47.9 Å². The fraction of sp³-hybridized carbons (Fsp3) is 0.500. The van der Waals surface area contributed by atoms with Gasteiger partial charge in [-0.1, -0.05) is 24.3 Å². The van der Waals surface area contributed by atoms with Gasteiger partial charge in [-0.3, -0.25) is 0 Å². The Balaban J connectivity index is 2.27. The molecule has 0 spiro atoms. The van der Waals surface area contributed by atoms with Crippen LogP contribution in [0.1, 0.15) is 31.3 Å². The number of benzene rings is 1. The first-order valence-corrected chi connectivity index (χ1v) is 5.40. The molecule has 0 bridgehead atoms. The lowest BCUT2D eigenvalue weighted by atomic mass is 10.0. The van der Waals surface area contributed by atoms with Crippen LogP contribution in [0.25, 0.3) is 0 Å². The molecule has 16 heavy (non-hydrogen) atoms. The quantitative estimate of drug-likeness (QED) is 0.780. The number of fused-ring (bicyclic) bond motifs is 1. The molecule has 1 aromatic rings. The summed E-state index contributed by atoms with van der Waals surface area (Å²) in [5, 5.41) is 9.49. The second-order valence-corrected chi connectivity index (χ2v) is 4.07. The molecule has 2 atom stereocenters. The zero-order chi connectivity index (χ0) is 11.5. The molecule has 0 saturated heterocycles. The summed E-state index contributed by atoms with van der Waals surface area (Å²) in [5.74, 6) is 0. The molecule has 4 nitrogen and oxygen atoms in total. The number of rotatable bonds is 2. The Morgan fingerprint density at radius 3 is 2.81 bits per heavy atom. The Morgan fingerprint density at radius 1 is 1.31 bits per heavy atom. The van der Waals surface area contributed by atoms with Crippen LogP contribution in [0.15, 0.2) is 24.3 Å². The molecule has 1 heterocycles. The lowest BCUT2D eigenvalue weighted by Gasteiger charge is -2.19. The summed E-state index contributed by atoms with van der Waals surface area (Å²) < 4.78 is 5.59. The fourth-order valence-corrected chi connectivity index (χ4v) is 1.68. The third-order valence-corrected chi connectivity index (χ3v) is 2.35. The van der Waals surface area contributed by atoms with Crippen LogP contribution in [0, 0.1) is 0 Å². The summed E-state index contributed by atoms with van der Waals surface area (Å²) in [7, 11) is 0. The van der Waals surface area contributed by atoms with E-state index in [2.05, 4.69) is 0 Å². The van der Waals surface area contributed by atoms with Crippen LogP contribution in [0.5, 0.6) is 0 Å². The summed E-state index contributed by atoms with van der Waals surface area (Å²) in [6.07, 6.45) is -1.08. The second-order valence-electron chi connectivity index (χ2n) is 4.07. The summed E-state index contributed by atoms with van der Waals surface area (Å²) in [4.78, 5) is 9.91. The van der Waals surface area contributed by atoms with Crippen molar-refractivity contribution in [3.05, 3.63) is 35.4 Å². The minimum Gasteiger partial charge on any atom is -0.365 e. The van der Waals surface area contributed by atoms with Crippen LogP contribution in [0.4, 0.5) is 0 Å². The predicted molar refractivity (Wildman–Crippen MR) is 57.3 cm³/mol. The molecular weight excluding hydrogens is 208 g/mol. The Hall–Kier alpha value is -0.940. The van der Waals surface area contributed by atoms with Crippen molar-refractivity contribution in [2.75, 3.05) is 0 Å². The van der Waals surface area contributed by atoms with E-state index in [4.69, 9.17) is 14.5 Å². The fourth-order valence-electron chi connectivity index (χ4n) is 1.68. The first kappa shape index (κ1) is 11.5. The van der Waals surface area contributed by atoms with E-state index in [-0.39, 0.29) is 6.10 Å². The van der Waals surface area contributed by atoms with E-state index in [0.29, 0.717) is 6.42 Å². The van der Waals surface area contributed by atoms with E-state index in [1.165, 1.54) is 0 Å². The highest BCUT2D eigenvalue weighted by Gasteiger charge is 2.25. The minimum atomic E-state index is -0.943.